The van der Waals surface area contributed by atoms with Gasteiger partial charge < -0.3 is 14.9 Å². The first-order chi connectivity index (χ1) is 11.2. The van der Waals surface area contributed by atoms with Crippen molar-refractivity contribution in [3.05, 3.63) is 41.6 Å². The van der Waals surface area contributed by atoms with Crippen LogP contribution in [0.3, 0.4) is 0 Å². The fourth-order valence-electron chi connectivity index (χ4n) is 2.82. The van der Waals surface area contributed by atoms with Crippen LogP contribution in [0.5, 0.6) is 0 Å². The van der Waals surface area contributed by atoms with Gasteiger partial charge in [-0.25, -0.2) is 0 Å². The highest BCUT2D eigenvalue weighted by molar-refractivity contribution is 5.93. The number of aliphatic hydroxyl groups is 1. The van der Waals surface area contributed by atoms with E-state index in [0.717, 1.165) is 6.07 Å². The van der Waals surface area contributed by atoms with E-state index in [0.29, 0.717) is 12.8 Å². The van der Waals surface area contributed by atoms with Gasteiger partial charge in [0, 0.05) is 17.7 Å². The average Bonchev–Trinajstić information content (AvgIpc) is 2.94. The van der Waals surface area contributed by atoms with E-state index in [1.807, 2.05) is 0 Å². The average molecular weight is 340 g/mol. The Morgan fingerprint density at radius 2 is 2.04 bits per heavy atom. The van der Waals surface area contributed by atoms with Gasteiger partial charge in [-0.2, -0.15) is 13.2 Å². The Morgan fingerprint density at radius 3 is 2.67 bits per heavy atom. The molecule has 0 unspecified atom stereocenters. The van der Waals surface area contributed by atoms with Crippen molar-refractivity contribution in [3.63, 3.8) is 0 Å². The molecule has 2 aromatic rings. The van der Waals surface area contributed by atoms with Gasteiger partial charge in [-0.15, -0.1) is 0 Å². The lowest BCUT2D eigenvalue weighted by Crippen LogP contribution is -2.53. The number of carbonyl (C=O) groups excluding carboxylic acids is 1. The highest BCUT2D eigenvalue weighted by atomic mass is 19.4. The number of rotatable bonds is 3. The Kier molecular flexibility index (Phi) is 3.87. The molecule has 128 valence electrons. The summed E-state index contributed by atoms with van der Waals surface area (Å²) in [6.07, 6.45) is -3.70. The Balaban J connectivity index is 1.78. The van der Waals surface area contributed by atoms with Crippen molar-refractivity contribution < 1.29 is 27.6 Å². The quantitative estimate of drug-likeness (QED) is 0.901. The molecule has 1 aromatic heterocycles. The molecule has 1 saturated carbocycles. The molecule has 1 heterocycles. The van der Waals surface area contributed by atoms with Crippen LogP contribution in [0, 0.1) is 0 Å². The molecule has 5 nitrogen and oxygen atoms in total. The molecule has 1 fully saturated rings. The van der Waals surface area contributed by atoms with Gasteiger partial charge in [-0.1, -0.05) is 23.4 Å². The van der Waals surface area contributed by atoms with Gasteiger partial charge in [0.15, 0.2) is 11.5 Å². The maximum absolute atomic E-state index is 13.0. The van der Waals surface area contributed by atoms with Crippen LogP contribution < -0.4 is 5.32 Å². The second-order valence-electron chi connectivity index (χ2n) is 6.20. The number of carbonyl (C=O) groups is 1. The molecule has 0 bridgehead atoms. The van der Waals surface area contributed by atoms with Crippen LogP contribution in [0.4, 0.5) is 13.2 Å². The van der Waals surface area contributed by atoms with Crippen molar-refractivity contribution in [2.75, 3.05) is 0 Å². The maximum Gasteiger partial charge on any atom is 0.417 e. The fourth-order valence-corrected chi connectivity index (χ4v) is 2.82. The van der Waals surface area contributed by atoms with E-state index in [9.17, 15) is 23.1 Å². The monoisotopic (exact) mass is 340 g/mol. The Morgan fingerprint density at radius 1 is 1.38 bits per heavy atom. The van der Waals surface area contributed by atoms with Gasteiger partial charge in [0.1, 0.15) is 0 Å². The number of alkyl halides is 3. The molecule has 2 N–H and O–H groups in total. The molecule has 1 aliphatic rings. The van der Waals surface area contributed by atoms with Crippen LogP contribution in [0.2, 0.25) is 0 Å². The fraction of sp³-hybridized carbons (Fsp3) is 0.375. The van der Waals surface area contributed by atoms with Crippen molar-refractivity contribution in [2.24, 2.45) is 0 Å². The zero-order valence-electron chi connectivity index (χ0n) is 12.7. The summed E-state index contributed by atoms with van der Waals surface area (Å²) in [5.74, 6) is -0.677. The molecule has 24 heavy (non-hydrogen) atoms. The topological polar surface area (TPSA) is 75.4 Å². The lowest BCUT2D eigenvalue weighted by molar-refractivity contribution is -0.137. The summed E-state index contributed by atoms with van der Waals surface area (Å²) in [6.45, 7) is 1.66. The first kappa shape index (κ1) is 16.5. The molecule has 0 spiro atoms. The van der Waals surface area contributed by atoms with Crippen LogP contribution in [0.1, 0.15) is 35.8 Å². The highest BCUT2D eigenvalue weighted by Gasteiger charge is 2.39. The molecular formula is C16H15F3N2O3. The van der Waals surface area contributed by atoms with Gasteiger partial charge in [0.2, 0.25) is 0 Å². The minimum atomic E-state index is -4.54. The predicted molar refractivity (Wildman–Crippen MR) is 78.1 cm³/mol. The van der Waals surface area contributed by atoms with Gasteiger partial charge in [-0.05, 0) is 25.8 Å². The lowest BCUT2D eigenvalue weighted by atomic mass is 9.77. The minimum Gasteiger partial charge on any atom is -0.390 e. The number of hydrogen-bond acceptors (Lipinski definition) is 4. The summed E-state index contributed by atoms with van der Waals surface area (Å²) in [5.41, 5.74) is -1.93. The normalized spacial score (nSPS) is 23.6. The zero-order chi connectivity index (χ0) is 17.5. The van der Waals surface area contributed by atoms with Crippen molar-refractivity contribution in [1.82, 2.24) is 10.5 Å². The van der Waals surface area contributed by atoms with E-state index in [1.165, 1.54) is 24.3 Å². The lowest BCUT2D eigenvalue weighted by Gasteiger charge is -2.40. The second-order valence-corrected chi connectivity index (χ2v) is 6.20. The molecule has 0 saturated heterocycles. The van der Waals surface area contributed by atoms with Crippen molar-refractivity contribution >= 4 is 5.91 Å². The highest BCUT2D eigenvalue weighted by Crippen LogP contribution is 2.37. The largest absolute Gasteiger partial charge is 0.417 e. The van der Waals surface area contributed by atoms with E-state index in [-0.39, 0.29) is 23.1 Å². The minimum absolute atomic E-state index is 0.103. The van der Waals surface area contributed by atoms with E-state index < -0.39 is 23.2 Å². The molecule has 8 heteroatoms. The maximum atomic E-state index is 13.0. The molecule has 1 amide bonds. The Bertz CT molecular complexity index is 760. The number of benzene rings is 1. The van der Waals surface area contributed by atoms with Crippen LogP contribution in [-0.4, -0.2) is 27.8 Å². The smallest absolute Gasteiger partial charge is 0.390 e. The van der Waals surface area contributed by atoms with E-state index in [2.05, 4.69) is 10.5 Å². The number of nitrogens with one attached hydrogen (secondary N) is 1. The standard InChI is InChI=1S/C16H15F3N2O3/c1-15(23)7-9(8-15)20-14(22)12-6-13(24-21-12)10-4-2-3-5-11(10)16(17,18)19/h2-6,9,23H,7-8H2,1H3,(H,20,22). The summed E-state index contributed by atoms with van der Waals surface area (Å²) in [7, 11) is 0. The summed E-state index contributed by atoms with van der Waals surface area (Å²) in [4.78, 5) is 12.0. The van der Waals surface area contributed by atoms with E-state index in [1.54, 1.807) is 6.92 Å². The first-order valence-electron chi connectivity index (χ1n) is 7.32. The van der Waals surface area contributed by atoms with E-state index in [4.69, 9.17) is 4.52 Å². The van der Waals surface area contributed by atoms with Gasteiger partial charge >= 0.3 is 6.18 Å². The second kappa shape index (κ2) is 5.62. The van der Waals surface area contributed by atoms with Crippen LogP contribution in [-0.2, 0) is 6.18 Å². The van der Waals surface area contributed by atoms with Crippen LogP contribution in [0.25, 0.3) is 11.3 Å². The SMILES string of the molecule is CC1(O)CC(NC(=O)c2cc(-c3ccccc3C(F)(F)F)on2)C1. The van der Waals surface area contributed by atoms with Crippen molar-refractivity contribution in [2.45, 2.75) is 37.6 Å². The van der Waals surface area contributed by atoms with E-state index >= 15 is 0 Å². The molecule has 3 rings (SSSR count). The number of halogens is 3. The van der Waals surface area contributed by atoms with Crippen LogP contribution >= 0.6 is 0 Å². The van der Waals surface area contributed by atoms with Crippen molar-refractivity contribution in [3.8, 4) is 11.3 Å². The number of nitrogens with zero attached hydrogens (tertiary/aromatic N) is 1. The van der Waals surface area contributed by atoms with Crippen molar-refractivity contribution in [1.29, 1.82) is 0 Å². The summed E-state index contributed by atoms with van der Waals surface area (Å²) < 4.78 is 44.0. The Hall–Kier alpha value is -2.35. The van der Waals surface area contributed by atoms with Crippen LogP contribution in [0.15, 0.2) is 34.9 Å². The first-order valence-corrected chi connectivity index (χ1v) is 7.32. The van der Waals surface area contributed by atoms with Gasteiger partial charge in [-0.3, -0.25) is 4.79 Å². The summed E-state index contributed by atoms with van der Waals surface area (Å²) in [6, 6.07) is 5.91. The number of hydrogen-bond donors (Lipinski definition) is 2. The third-order valence-electron chi connectivity index (χ3n) is 3.95. The number of amides is 1. The molecule has 1 aromatic carbocycles. The molecule has 0 atom stereocenters. The molecule has 0 radical (unpaired) electrons. The molecule has 1 aliphatic carbocycles. The predicted octanol–water partition coefficient (Wildman–Crippen LogP) is 3.00. The molecular weight excluding hydrogens is 325 g/mol. The van der Waals surface area contributed by atoms with Gasteiger partial charge in [0.05, 0.1) is 11.2 Å². The number of aromatic nitrogens is 1. The molecule has 0 aliphatic heterocycles. The third-order valence-corrected chi connectivity index (χ3v) is 3.95. The summed E-state index contributed by atoms with van der Waals surface area (Å²) in [5, 5.41) is 15.8. The van der Waals surface area contributed by atoms with Gasteiger partial charge in [0.25, 0.3) is 5.91 Å². The third kappa shape index (κ3) is 3.28. The summed E-state index contributed by atoms with van der Waals surface area (Å²) >= 11 is 0. The Labute approximate surface area is 135 Å². The zero-order valence-corrected chi connectivity index (χ0v) is 12.7.